The van der Waals surface area contributed by atoms with E-state index in [1.807, 2.05) is 84.8 Å². The SMILES string of the molecule is Cc1ccc(S[C@@]2(C(=O)N3CCNC(=O)C3)CC(=O)N(Cc3ccc(Br)cc3)[C@H]2c2c[nH]c3cc(Cl)ccc23)cc1. The molecule has 2 atom stereocenters. The molecule has 2 aliphatic heterocycles. The molecule has 0 spiro atoms. The van der Waals surface area contributed by atoms with Gasteiger partial charge in [0.15, 0.2) is 0 Å². The fourth-order valence-corrected chi connectivity index (χ4v) is 7.68. The first-order valence-electron chi connectivity index (χ1n) is 13.4. The van der Waals surface area contributed by atoms with Crippen molar-refractivity contribution in [3.63, 3.8) is 0 Å². The van der Waals surface area contributed by atoms with E-state index < -0.39 is 10.8 Å². The minimum atomic E-state index is -1.21. The number of benzene rings is 3. The van der Waals surface area contributed by atoms with E-state index in [9.17, 15) is 14.4 Å². The second-order valence-corrected chi connectivity index (χ2v) is 13.3. The first-order valence-corrected chi connectivity index (χ1v) is 15.3. The van der Waals surface area contributed by atoms with Gasteiger partial charge in [0.05, 0.1) is 19.0 Å². The number of nitrogens with one attached hydrogen (secondary N) is 2. The third kappa shape index (κ3) is 5.38. The molecule has 0 aliphatic carbocycles. The third-order valence-corrected chi connectivity index (χ3v) is 9.91. The lowest BCUT2D eigenvalue weighted by atomic mass is 9.90. The van der Waals surface area contributed by atoms with Gasteiger partial charge in [-0.15, -0.1) is 11.8 Å². The molecule has 210 valence electrons. The first-order chi connectivity index (χ1) is 19.7. The van der Waals surface area contributed by atoms with Gasteiger partial charge in [0.1, 0.15) is 4.75 Å². The number of aromatic nitrogens is 1. The number of halogens is 2. The molecule has 0 saturated carbocycles. The summed E-state index contributed by atoms with van der Waals surface area (Å²) in [6.45, 7) is 3.08. The minimum Gasteiger partial charge on any atom is -0.361 e. The molecule has 41 heavy (non-hydrogen) atoms. The summed E-state index contributed by atoms with van der Waals surface area (Å²) in [6, 6.07) is 20.8. The van der Waals surface area contributed by atoms with E-state index in [0.717, 1.165) is 37.0 Å². The number of rotatable bonds is 6. The normalized spacial score (nSPS) is 21.0. The summed E-state index contributed by atoms with van der Waals surface area (Å²) >= 11 is 11.2. The maximum absolute atomic E-state index is 14.7. The molecule has 6 rings (SSSR count). The number of thioether (sulfide) groups is 1. The zero-order chi connectivity index (χ0) is 28.7. The monoisotopic (exact) mass is 650 g/mol. The number of carbonyl (C=O) groups is 3. The van der Waals surface area contributed by atoms with Crippen LogP contribution in [0, 0.1) is 6.92 Å². The summed E-state index contributed by atoms with van der Waals surface area (Å²) in [7, 11) is 0. The summed E-state index contributed by atoms with van der Waals surface area (Å²) in [4.78, 5) is 48.8. The van der Waals surface area contributed by atoms with Crippen LogP contribution in [0.2, 0.25) is 5.02 Å². The van der Waals surface area contributed by atoms with Gasteiger partial charge in [-0.3, -0.25) is 14.4 Å². The number of fused-ring (bicyclic) bond motifs is 1. The van der Waals surface area contributed by atoms with Gasteiger partial charge in [0.25, 0.3) is 0 Å². The van der Waals surface area contributed by atoms with Crippen LogP contribution in [0.3, 0.4) is 0 Å². The van der Waals surface area contributed by atoms with Gasteiger partial charge in [0, 0.05) is 56.7 Å². The maximum atomic E-state index is 14.7. The molecular weight excluding hydrogens is 624 g/mol. The molecule has 2 fully saturated rings. The number of hydrogen-bond donors (Lipinski definition) is 2. The highest BCUT2D eigenvalue weighted by Gasteiger charge is 2.60. The lowest BCUT2D eigenvalue weighted by Crippen LogP contribution is -2.57. The number of nitrogens with zero attached hydrogens (tertiary/aromatic N) is 2. The Bertz CT molecular complexity index is 1640. The second kappa shape index (κ2) is 11.2. The van der Waals surface area contributed by atoms with E-state index in [1.165, 1.54) is 11.8 Å². The summed E-state index contributed by atoms with van der Waals surface area (Å²) in [6.07, 6.45) is 1.89. The molecule has 1 aromatic heterocycles. The number of aryl methyl sites for hydroxylation is 1. The predicted octanol–water partition coefficient (Wildman–Crippen LogP) is 5.86. The van der Waals surface area contributed by atoms with Crippen LogP contribution in [0.5, 0.6) is 0 Å². The molecule has 3 amide bonds. The number of hydrogen-bond acceptors (Lipinski definition) is 4. The van der Waals surface area contributed by atoms with Crippen molar-refractivity contribution in [1.82, 2.24) is 20.1 Å². The zero-order valence-corrected chi connectivity index (χ0v) is 25.5. The van der Waals surface area contributed by atoms with E-state index in [1.54, 1.807) is 4.90 Å². The molecule has 0 radical (unpaired) electrons. The van der Waals surface area contributed by atoms with Crippen molar-refractivity contribution in [3.05, 3.63) is 99.1 Å². The number of piperazine rings is 1. The van der Waals surface area contributed by atoms with E-state index in [-0.39, 0.29) is 30.7 Å². The Kier molecular flexibility index (Phi) is 7.61. The lowest BCUT2D eigenvalue weighted by molar-refractivity contribution is -0.140. The van der Waals surface area contributed by atoms with Crippen molar-refractivity contribution in [2.24, 2.45) is 0 Å². The Labute approximate surface area is 255 Å². The molecule has 4 aromatic rings. The van der Waals surface area contributed by atoms with Gasteiger partial charge in [-0.05, 0) is 48.9 Å². The standard InChI is InChI=1S/C31H28BrClN4O3S/c1-19-2-9-23(10-3-19)41-31(30(40)36-13-12-34-27(38)18-36)15-28(39)37(17-20-4-6-21(32)7-5-20)29(31)25-16-35-26-14-22(33)8-11-24(25)26/h2-11,14,16,29,35H,12-13,15,17-18H2,1H3,(H,34,38)/t29-,31-/m0/s1. The molecule has 2 N–H and O–H groups in total. The zero-order valence-electron chi connectivity index (χ0n) is 22.3. The Morgan fingerprint density at radius 3 is 2.59 bits per heavy atom. The lowest BCUT2D eigenvalue weighted by Gasteiger charge is -2.40. The van der Waals surface area contributed by atoms with E-state index in [0.29, 0.717) is 24.7 Å². The molecular formula is C31H28BrClN4O3S. The van der Waals surface area contributed by atoms with Crippen molar-refractivity contribution >= 4 is 67.9 Å². The summed E-state index contributed by atoms with van der Waals surface area (Å²) in [5.74, 6) is -0.525. The Balaban J connectivity index is 1.53. The molecule has 2 saturated heterocycles. The molecule has 3 aromatic carbocycles. The molecule has 3 heterocycles. The number of amides is 3. The molecule has 0 bridgehead atoms. The average molecular weight is 652 g/mol. The highest BCUT2D eigenvalue weighted by atomic mass is 79.9. The van der Waals surface area contributed by atoms with Gasteiger partial charge < -0.3 is 20.1 Å². The summed E-state index contributed by atoms with van der Waals surface area (Å²) in [5, 5.41) is 4.30. The second-order valence-electron chi connectivity index (χ2n) is 10.5. The largest absolute Gasteiger partial charge is 0.361 e. The van der Waals surface area contributed by atoms with Gasteiger partial charge in [-0.25, -0.2) is 0 Å². The fraction of sp³-hybridized carbons (Fsp3) is 0.258. The van der Waals surface area contributed by atoms with E-state index in [4.69, 9.17) is 11.6 Å². The highest BCUT2D eigenvalue weighted by molar-refractivity contribution is 9.10. The number of H-pyrrole nitrogens is 1. The molecule has 10 heteroatoms. The van der Waals surface area contributed by atoms with E-state index >= 15 is 0 Å². The number of likely N-dealkylation sites (tertiary alicyclic amines) is 1. The molecule has 2 aliphatic rings. The van der Waals surface area contributed by atoms with Gasteiger partial charge in [-0.1, -0.05) is 63.4 Å². The van der Waals surface area contributed by atoms with Crippen molar-refractivity contribution < 1.29 is 14.4 Å². The summed E-state index contributed by atoms with van der Waals surface area (Å²) in [5.41, 5.74) is 3.73. The summed E-state index contributed by atoms with van der Waals surface area (Å²) < 4.78 is -0.268. The van der Waals surface area contributed by atoms with Gasteiger partial charge in [0.2, 0.25) is 17.7 Å². The van der Waals surface area contributed by atoms with Crippen LogP contribution in [0.1, 0.15) is 29.2 Å². The molecule has 0 unspecified atom stereocenters. The maximum Gasteiger partial charge on any atom is 0.242 e. The highest BCUT2D eigenvalue weighted by Crippen LogP contribution is 2.55. The first kappa shape index (κ1) is 27.9. The third-order valence-electron chi connectivity index (χ3n) is 7.73. The fourth-order valence-electron chi connectivity index (χ4n) is 5.78. The van der Waals surface area contributed by atoms with Crippen molar-refractivity contribution in [2.45, 2.75) is 35.6 Å². The van der Waals surface area contributed by atoms with E-state index in [2.05, 4.69) is 26.2 Å². The van der Waals surface area contributed by atoms with Crippen LogP contribution in [-0.4, -0.2) is 56.9 Å². The van der Waals surface area contributed by atoms with Crippen LogP contribution in [0.25, 0.3) is 10.9 Å². The Hall–Kier alpha value is -3.27. The quantitative estimate of drug-likeness (QED) is 0.274. The topological polar surface area (TPSA) is 85.5 Å². The predicted molar refractivity (Wildman–Crippen MR) is 165 cm³/mol. The smallest absolute Gasteiger partial charge is 0.242 e. The van der Waals surface area contributed by atoms with Gasteiger partial charge >= 0.3 is 0 Å². The van der Waals surface area contributed by atoms with Crippen molar-refractivity contribution in [3.8, 4) is 0 Å². The van der Waals surface area contributed by atoms with Crippen molar-refractivity contribution in [2.75, 3.05) is 19.6 Å². The van der Waals surface area contributed by atoms with Crippen LogP contribution < -0.4 is 5.32 Å². The average Bonchev–Trinajstić information content (AvgIpc) is 3.48. The van der Waals surface area contributed by atoms with Crippen LogP contribution >= 0.6 is 39.3 Å². The van der Waals surface area contributed by atoms with Crippen LogP contribution in [0.15, 0.2) is 82.3 Å². The van der Waals surface area contributed by atoms with Crippen molar-refractivity contribution in [1.29, 1.82) is 0 Å². The van der Waals surface area contributed by atoms with Crippen LogP contribution in [0.4, 0.5) is 0 Å². The Morgan fingerprint density at radius 1 is 1.10 bits per heavy atom. The number of aromatic amines is 1. The molecule has 7 nitrogen and oxygen atoms in total. The number of carbonyl (C=O) groups excluding carboxylic acids is 3. The van der Waals surface area contributed by atoms with Crippen LogP contribution in [-0.2, 0) is 20.9 Å². The van der Waals surface area contributed by atoms with Gasteiger partial charge in [-0.2, -0.15) is 0 Å². The minimum absolute atomic E-state index is 0.00392. The Morgan fingerprint density at radius 2 is 1.85 bits per heavy atom.